The minimum Gasteiger partial charge on any atom is -0.466 e. The van der Waals surface area contributed by atoms with Gasteiger partial charge >= 0.3 is 11.9 Å². The highest BCUT2D eigenvalue weighted by Crippen LogP contribution is 2.29. The van der Waals surface area contributed by atoms with Crippen molar-refractivity contribution in [3.8, 4) is 0 Å². The van der Waals surface area contributed by atoms with Crippen molar-refractivity contribution in [1.82, 2.24) is 0 Å². The number of methoxy groups -OCH3 is 2. The van der Waals surface area contributed by atoms with Crippen LogP contribution in [-0.2, 0) is 19.1 Å². The van der Waals surface area contributed by atoms with Gasteiger partial charge in [0, 0.05) is 11.1 Å². The number of aryl methyl sites for hydroxylation is 1. The zero-order valence-corrected chi connectivity index (χ0v) is 15.4. The van der Waals surface area contributed by atoms with Crippen molar-refractivity contribution in [2.24, 2.45) is 0 Å². The molecule has 2 rings (SSSR count). The molecule has 0 aliphatic heterocycles. The Morgan fingerprint density at radius 2 is 1.35 bits per heavy atom. The van der Waals surface area contributed by atoms with Crippen molar-refractivity contribution in [1.29, 1.82) is 0 Å². The third-order valence-electron chi connectivity index (χ3n) is 3.95. The first-order valence-electron chi connectivity index (χ1n) is 8.19. The van der Waals surface area contributed by atoms with E-state index < -0.39 is 11.9 Å². The molecule has 0 aromatic heterocycles. The molecule has 4 nitrogen and oxygen atoms in total. The molecule has 134 valence electrons. The Bertz CT molecular complexity index is 843. The minimum atomic E-state index is -0.521. The summed E-state index contributed by atoms with van der Waals surface area (Å²) in [5.74, 6) is -1.02. The molecule has 0 saturated carbocycles. The Morgan fingerprint density at radius 3 is 1.88 bits per heavy atom. The van der Waals surface area contributed by atoms with Gasteiger partial charge in [-0.3, -0.25) is 0 Å². The maximum atomic E-state index is 12.5. The molecule has 26 heavy (non-hydrogen) atoms. The van der Waals surface area contributed by atoms with E-state index in [4.69, 9.17) is 9.47 Å². The van der Waals surface area contributed by atoms with Crippen LogP contribution in [0.15, 0.2) is 71.8 Å². The number of ether oxygens (including phenoxy) is 2. The molecule has 0 atom stereocenters. The van der Waals surface area contributed by atoms with Crippen LogP contribution in [0.1, 0.15) is 23.6 Å². The van der Waals surface area contributed by atoms with Crippen LogP contribution in [-0.4, -0.2) is 26.2 Å². The van der Waals surface area contributed by atoms with Gasteiger partial charge in [-0.25, -0.2) is 9.59 Å². The molecule has 2 aromatic rings. The minimum absolute atomic E-state index is 0.297. The molecule has 0 amide bonds. The second-order valence-electron chi connectivity index (χ2n) is 5.83. The lowest BCUT2D eigenvalue weighted by Crippen LogP contribution is -2.10. The van der Waals surface area contributed by atoms with Crippen molar-refractivity contribution in [2.45, 2.75) is 13.8 Å². The van der Waals surface area contributed by atoms with Gasteiger partial charge in [0.05, 0.1) is 19.8 Å². The number of hydrogen-bond donors (Lipinski definition) is 0. The molecular formula is C22H22O4. The number of carbonyl (C=O) groups is 2. The quantitative estimate of drug-likeness (QED) is 0.463. The predicted molar refractivity (Wildman–Crippen MR) is 101 cm³/mol. The fourth-order valence-corrected chi connectivity index (χ4v) is 2.58. The van der Waals surface area contributed by atoms with E-state index in [1.54, 1.807) is 6.92 Å². The van der Waals surface area contributed by atoms with E-state index in [1.165, 1.54) is 20.3 Å². The van der Waals surface area contributed by atoms with Gasteiger partial charge in [-0.15, -0.1) is 0 Å². The highest BCUT2D eigenvalue weighted by atomic mass is 16.5. The molecule has 0 fully saturated rings. The Hall–Kier alpha value is -3.14. The normalized spacial score (nSPS) is 12.2. The van der Waals surface area contributed by atoms with Crippen LogP contribution in [0.3, 0.4) is 0 Å². The van der Waals surface area contributed by atoms with Crippen molar-refractivity contribution in [2.75, 3.05) is 14.2 Å². The van der Waals surface area contributed by atoms with E-state index in [0.717, 1.165) is 16.7 Å². The smallest absolute Gasteiger partial charge is 0.338 e. The van der Waals surface area contributed by atoms with Crippen molar-refractivity contribution >= 4 is 17.5 Å². The van der Waals surface area contributed by atoms with Crippen LogP contribution in [0.25, 0.3) is 5.57 Å². The fourth-order valence-electron chi connectivity index (χ4n) is 2.58. The number of rotatable bonds is 5. The molecule has 0 radical (unpaired) electrons. The van der Waals surface area contributed by atoms with Gasteiger partial charge in [0.2, 0.25) is 0 Å². The second kappa shape index (κ2) is 8.81. The summed E-state index contributed by atoms with van der Waals surface area (Å²) in [5.41, 5.74) is 4.13. The fraction of sp³-hybridized carbons (Fsp3) is 0.182. The van der Waals surface area contributed by atoms with E-state index in [9.17, 15) is 9.59 Å². The number of esters is 2. The summed E-state index contributed by atoms with van der Waals surface area (Å²) in [4.78, 5) is 24.4. The molecule has 0 bridgehead atoms. The Kier molecular flexibility index (Phi) is 6.50. The average Bonchev–Trinajstić information content (AvgIpc) is 2.68. The number of hydrogen-bond acceptors (Lipinski definition) is 4. The maximum Gasteiger partial charge on any atom is 0.338 e. The third-order valence-corrected chi connectivity index (χ3v) is 3.95. The highest BCUT2D eigenvalue weighted by molar-refractivity contribution is 6.06. The molecule has 0 saturated heterocycles. The van der Waals surface area contributed by atoms with Gasteiger partial charge in [-0.1, -0.05) is 60.2 Å². The molecule has 0 heterocycles. The van der Waals surface area contributed by atoms with E-state index in [1.807, 2.05) is 61.5 Å². The van der Waals surface area contributed by atoms with E-state index in [2.05, 4.69) is 0 Å². The van der Waals surface area contributed by atoms with Crippen LogP contribution in [0.5, 0.6) is 0 Å². The lowest BCUT2D eigenvalue weighted by molar-refractivity contribution is -0.136. The van der Waals surface area contributed by atoms with Gasteiger partial charge in [0.15, 0.2) is 0 Å². The van der Waals surface area contributed by atoms with E-state index in [0.29, 0.717) is 16.7 Å². The van der Waals surface area contributed by atoms with Gasteiger partial charge in [0.25, 0.3) is 0 Å². The zero-order chi connectivity index (χ0) is 19.1. The van der Waals surface area contributed by atoms with Crippen molar-refractivity contribution < 1.29 is 19.1 Å². The largest absolute Gasteiger partial charge is 0.466 e. The van der Waals surface area contributed by atoms with Crippen LogP contribution < -0.4 is 0 Å². The van der Waals surface area contributed by atoms with Crippen LogP contribution in [0.2, 0.25) is 0 Å². The first-order valence-corrected chi connectivity index (χ1v) is 8.19. The summed E-state index contributed by atoms with van der Waals surface area (Å²) in [6, 6.07) is 17.4. The lowest BCUT2D eigenvalue weighted by Gasteiger charge is -2.14. The number of carbonyl (C=O) groups excluding carboxylic acids is 2. The summed E-state index contributed by atoms with van der Waals surface area (Å²) >= 11 is 0. The summed E-state index contributed by atoms with van der Waals surface area (Å²) in [7, 11) is 2.63. The molecule has 0 aliphatic carbocycles. The van der Waals surface area contributed by atoms with Gasteiger partial charge in [-0.2, -0.15) is 0 Å². The summed E-state index contributed by atoms with van der Waals surface area (Å²) < 4.78 is 9.73. The molecule has 0 N–H and O–H groups in total. The van der Waals surface area contributed by atoms with Crippen LogP contribution in [0, 0.1) is 6.92 Å². The predicted octanol–water partition coefficient (Wildman–Crippen LogP) is 4.09. The van der Waals surface area contributed by atoms with Crippen molar-refractivity contribution in [3.05, 3.63) is 88.5 Å². The monoisotopic (exact) mass is 350 g/mol. The van der Waals surface area contributed by atoms with Crippen LogP contribution in [0.4, 0.5) is 0 Å². The zero-order valence-electron chi connectivity index (χ0n) is 15.4. The van der Waals surface area contributed by atoms with Crippen molar-refractivity contribution in [3.63, 3.8) is 0 Å². The first-order chi connectivity index (χ1) is 12.5. The lowest BCUT2D eigenvalue weighted by atomic mass is 9.91. The third kappa shape index (κ3) is 4.48. The standard InChI is InChI=1S/C22H22O4/c1-15-10-12-18(13-11-15)20(17-8-6-5-7-9-17)19(22(24)26-4)14-16(2)21(23)25-3/h5-14H,1-4H3/b16-14+,20-19-. The van der Waals surface area contributed by atoms with Gasteiger partial charge < -0.3 is 9.47 Å². The SMILES string of the molecule is COC(=O)C(/C=C(\C)C(=O)OC)=C(/c1ccccc1)c1ccc(C)cc1. The van der Waals surface area contributed by atoms with Gasteiger partial charge in [0.1, 0.15) is 0 Å². The molecule has 0 spiro atoms. The number of benzene rings is 2. The van der Waals surface area contributed by atoms with E-state index >= 15 is 0 Å². The summed E-state index contributed by atoms with van der Waals surface area (Å²) in [5, 5.41) is 0. The Labute approximate surface area is 153 Å². The van der Waals surface area contributed by atoms with Gasteiger partial charge in [-0.05, 0) is 31.1 Å². The Balaban J connectivity index is 2.80. The summed E-state index contributed by atoms with van der Waals surface area (Å²) in [6.07, 6.45) is 1.51. The maximum absolute atomic E-state index is 12.5. The topological polar surface area (TPSA) is 52.6 Å². The second-order valence-corrected chi connectivity index (χ2v) is 5.83. The van der Waals surface area contributed by atoms with E-state index in [-0.39, 0.29) is 0 Å². The molecule has 2 aromatic carbocycles. The first kappa shape index (κ1) is 19.2. The Morgan fingerprint density at radius 1 is 0.808 bits per heavy atom. The summed E-state index contributed by atoms with van der Waals surface area (Å²) in [6.45, 7) is 3.60. The molecule has 0 aliphatic rings. The average molecular weight is 350 g/mol. The highest BCUT2D eigenvalue weighted by Gasteiger charge is 2.19. The molecular weight excluding hydrogens is 328 g/mol. The van der Waals surface area contributed by atoms with Crippen LogP contribution >= 0.6 is 0 Å². The molecule has 0 unspecified atom stereocenters. The molecule has 4 heteroatoms.